The normalized spacial score (nSPS) is 45.6. The van der Waals surface area contributed by atoms with Crippen molar-refractivity contribution in [1.82, 2.24) is 0 Å². The van der Waals surface area contributed by atoms with Crippen LogP contribution in [0.4, 0.5) is 0 Å². The Kier molecular flexibility index (Phi) is 5.81. The highest BCUT2D eigenvalue weighted by Gasteiger charge is 2.59. The second-order valence-corrected chi connectivity index (χ2v) is 13.1. The van der Waals surface area contributed by atoms with Crippen LogP contribution in [0.3, 0.4) is 0 Å². The van der Waals surface area contributed by atoms with Crippen LogP contribution in [-0.4, -0.2) is 11.2 Å². The Bertz CT molecular complexity index is 630. The Morgan fingerprint density at radius 1 is 0.966 bits per heavy atom. The first-order chi connectivity index (χ1) is 13.6. The van der Waals surface area contributed by atoms with Crippen LogP contribution in [0.5, 0.6) is 0 Å². The van der Waals surface area contributed by atoms with Gasteiger partial charge >= 0.3 is 0 Å². The Morgan fingerprint density at radius 3 is 2.45 bits per heavy atom. The van der Waals surface area contributed by atoms with Gasteiger partial charge in [-0.15, -0.1) is 0 Å². The molecule has 1 nitrogen and oxygen atoms in total. The molecule has 0 amide bonds. The molecule has 8 atom stereocenters. The number of allylic oxidation sites excluding steroid dienone is 2. The van der Waals surface area contributed by atoms with E-state index >= 15 is 0 Å². The van der Waals surface area contributed by atoms with E-state index in [-0.39, 0.29) is 6.10 Å². The summed E-state index contributed by atoms with van der Waals surface area (Å²) in [4.78, 5) is 0. The molecule has 4 aliphatic rings. The van der Waals surface area contributed by atoms with Gasteiger partial charge in [0.15, 0.2) is 0 Å². The molecule has 0 unspecified atom stereocenters. The molecule has 3 fully saturated rings. The molecule has 0 radical (unpaired) electrons. The zero-order chi connectivity index (χ0) is 21.0. The van der Waals surface area contributed by atoms with Crippen LogP contribution in [0.15, 0.2) is 11.6 Å². The summed E-state index contributed by atoms with van der Waals surface area (Å²) in [6, 6.07) is 0. The lowest BCUT2D eigenvalue weighted by molar-refractivity contribution is -0.0564. The summed E-state index contributed by atoms with van der Waals surface area (Å²) < 4.78 is 0. The van der Waals surface area contributed by atoms with Crippen LogP contribution in [0.25, 0.3) is 0 Å². The lowest BCUT2D eigenvalue weighted by Gasteiger charge is -2.59. The molecular formula is C28H48O. The first-order valence-corrected chi connectivity index (χ1v) is 12.9. The second kappa shape index (κ2) is 7.68. The summed E-state index contributed by atoms with van der Waals surface area (Å²) in [6.07, 6.45) is 17.5. The third-order valence-corrected chi connectivity index (χ3v) is 10.7. The Balaban J connectivity index is 1.50. The number of aliphatic hydroxyl groups excluding tert-OH is 1. The SMILES string of the molecule is C[C@H](CCC[C@@H](C)O)[C@H]1CC[C@H]2[C@@H]3CC=C4CC(C)(C)CC[C@]4(C)[C@H]3CC[C@]12C. The van der Waals surface area contributed by atoms with Crippen molar-refractivity contribution >= 4 is 0 Å². The van der Waals surface area contributed by atoms with Crippen LogP contribution < -0.4 is 0 Å². The number of fused-ring (bicyclic) bond motifs is 5. The molecule has 0 heterocycles. The lowest BCUT2D eigenvalue weighted by atomic mass is 9.45. The molecule has 0 spiro atoms. The topological polar surface area (TPSA) is 20.2 Å². The van der Waals surface area contributed by atoms with E-state index in [1.807, 2.05) is 12.5 Å². The number of aliphatic hydroxyl groups is 1. The van der Waals surface area contributed by atoms with Crippen molar-refractivity contribution in [3.05, 3.63) is 11.6 Å². The van der Waals surface area contributed by atoms with E-state index in [0.717, 1.165) is 36.0 Å². The quantitative estimate of drug-likeness (QED) is 0.467. The molecule has 3 saturated carbocycles. The van der Waals surface area contributed by atoms with E-state index in [1.165, 1.54) is 64.2 Å². The van der Waals surface area contributed by atoms with Crippen molar-refractivity contribution in [2.75, 3.05) is 0 Å². The summed E-state index contributed by atoms with van der Waals surface area (Å²) in [5.41, 5.74) is 3.42. The first-order valence-electron chi connectivity index (χ1n) is 12.9. The van der Waals surface area contributed by atoms with E-state index in [1.54, 1.807) is 0 Å². The van der Waals surface area contributed by atoms with Crippen molar-refractivity contribution in [2.45, 2.75) is 118 Å². The third-order valence-electron chi connectivity index (χ3n) is 10.7. The molecule has 0 aromatic heterocycles. The monoisotopic (exact) mass is 400 g/mol. The summed E-state index contributed by atoms with van der Waals surface area (Å²) in [6.45, 7) is 14.8. The van der Waals surface area contributed by atoms with Crippen LogP contribution in [-0.2, 0) is 0 Å². The fourth-order valence-electron chi connectivity index (χ4n) is 8.89. The van der Waals surface area contributed by atoms with Gasteiger partial charge in [-0.1, -0.05) is 59.1 Å². The highest BCUT2D eigenvalue weighted by Crippen LogP contribution is 2.68. The van der Waals surface area contributed by atoms with E-state index < -0.39 is 0 Å². The second-order valence-electron chi connectivity index (χ2n) is 13.1. The molecular weight excluding hydrogens is 352 g/mol. The van der Waals surface area contributed by atoms with Crippen LogP contribution in [0.2, 0.25) is 0 Å². The van der Waals surface area contributed by atoms with Crippen LogP contribution in [0, 0.1) is 45.8 Å². The molecule has 29 heavy (non-hydrogen) atoms. The zero-order valence-electron chi connectivity index (χ0n) is 20.3. The van der Waals surface area contributed by atoms with Crippen molar-refractivity contribution in [2.24, 2.45) is 45.8 Å². The largest absolute Gasteiger partial charge is 0.393 e. The maximum absolute atomic E-state index is 9.64. The van der Waals surface area contributed by atoms with Gasteiger partial charge in [0, 0.05) is 0 Å². The number of hydrogen-bond donors (Lipinski definition) is 1. The van der Waals surface area contributed by atoms with E-state index in [2.05, 4.69) is 40.7 Å². The van der Waals surface area contributed by atoms with Crippen LogP contribution >= 0.6 is 0 Å². The van der Waals surface area contributed by atoms with E-state index in [4.69, 9.17) is 0 Å². The summed E-state index contributed by atoms with van der Waals surface area (Å²) in [5.74, 6) is 4.57. The first kappa shape index (κ1) is 21.9. The molecule has 0 bridgehead atoms. The predicted molar refractivity (Wildman–Crippen MR) is 124 cm³/mol. The summed E-state index contributed by atoms with van der Waals surface area (Å²) >= 11 is 0. The molecule has 0 aromatic rings. The van der Waals surface area contributed by atoms with Crippen molar-refractivity contribution in [3.63, 3.8) is 0 Å². The van der Waals surface area contributed by atoms with Crippen molar-refractivity contribution in [1.29, 1.82) is 0 Å². The predicted octanol–water partition coefficient (Wildman–Crippen LogP) is 7.78. The number of rotatable bonds is 5. The van der Waals surface area contributed by atoms with Crippen LogP contribution in [0.1, 0.15) is 112 Å². The fourth-order valence-corrected chi connectivity index (χ4v) is 8.89. The molecule has 166 valence electrons. The Morgan fingerprint density at radius 2 is 1.72 bits per heavy atom. The fraction of sp³-hybridized carbons (Fsp3) is 0.929. The molecule has 4 aliphatic carbocycles. The minimum atomic E-state index is -0.131. The smallest absolute Gasteiger partial charge is 0.0512 e. The molecule has 0 aliphatic heterocycles. The van der Waals surface area contributed by atoms with Gasteiger partial charge in [-0.3, -0.25) is 0 Å². The minimum Gasteiger partial charge on any atom is -0.393 e. The molecule has 1 N–H and O–H groups in total. The van der Waals surface area contributed by atoms with Gasteiger partial charge in [-0.2, -0.15) is 0 Å². The van der Waals surface area contributed by atoms with Gasteiger partial charge in [-0.25, -0.2) is 0 Å². The van der Waals surface area contributed by atoms with Gasteiger partial charge in [0.2, 0.25) is 0 Å². The standard InChI is InChI=1S/C28H48O/c1-19(8-7-9-20(2)29)23-12-13-24-22-11-10-21-18-26(3,4)16-17-27(21,5)25(22)14-15-28(23,24)6/h10,19-20,22-25,29H,7-9,11-18H2,1-6H3/t19-,20-,22+,23-,24+,25+,27+,28-/m1/s1. The van der Waals surface area contributed by atoms with Gasteiger partial charge < -0.3 is 5.11 Å². The average Bonchev–Trinajstić information content (AvgIpc) is 2.99. The van der Waals surface area contributed by atoms with E-state index in [9.17, 15) is 5.11 Å². The third kappa shape index (κ3) is 3.77. The highest BCUT2D eigenvalue weighted by molar-refractivity contribution is 5.26. The Labute approximate surface area is 181 Å². The molecule has 0 aromatic carbocycles. The average molecular weight is 401 g/mol. The summed E-state index contributed by atoms with van der Waals surface area (Å²) in [7, 11) is 0. The van der Waals surface area contributed by atoms with Gasteiger partial charge in [0.1, 0.15) is 0 Å². The van der Waals surface area contributed by atoms with Gasteiger partial charge in [0.05, 0.1) is 6.10 Å². The molecule has 1 heteroatoms. The van der Waals surface area contributed by atoms with E-state index in [0.29, 0.717) is 16.2 Å². The maximum atomic E-state index is 9.64. The molecule has 0 saturated heterocycles. The van der Waals surface area contributed by atoms with Crippen molar-refractivity contribution < 1.29 is 5.11 Å². The summed E-state index contributed by atoms with van der Waals surface area (Å²) in [5, 5.41) is 9.64. The Hall–Kier alpha value is -0.300. The van der Waals surface area contributed by atoms with Gasteiger partial charge in [-0.05, 0) is 111 Å². The zero-order valence-corrected chi connectivity index (χ0v) is 20.3. The maximum Gasteiger partial charge on any atom is 0.0512 e. The van der Waals surface area contributed by atoms with Crippen molar-refractivity contribution in [3.8, 4) is 0 Å². The molecule has 4 rings (SSSR count). The minimum absolute atomic E-state index is 0.131. The number of hydrogen-bond acceptors (Lipinski definition) is 1. The highest BCUT2D eigenvalue weighted by atomic mass is 16.3. The van der Waals surface area contributed by atoms with Gasteiger partial charge in [0.25, 0.3) is 0 Å². The lowest BCUT2D eigenvalue weighted by Crippen LogP contribution is -2.51.